The molecule has 2 aliphatic carbocycles. The van der Waals surface area contributed by atoms with Crippen LogP contribution in [0.15, 0.2) is 68.0 Å². The third-order valence-corrected chi connectivity index (χ3v) is 26.7. The van der Waals surface area contributed by atoms with E-state index >= 15 is 0 Å². The van der Waals surface area contributed by atoms with E-state index in [0.717, 1.165) is 0 Å². The fraction of sp³-hybridized carbons (Fsp3) is 0.379. The Morgan fingerprint density at radius 2 is 1.39 bits per heavy atom. The summed E-state index contributed by atoms with van der Waals surface area (Å²) < 4.78 is 2.60. The second kappa shape index (κ2) is 10.9. The minimum Gasteiger partial charge on any atom is -1.00 e. The van der Waals surface area contributed by atoms with Gasteiger partial charge in [0.1, 0.15) is 0 Å². The first-order valence-corrected chi connectivity index (χ1v) is 20.4. The summed E-state index contributed by atoms with van der Waals surface area (Å²) in [5, 5.41) is 0. The van der Waals surface area contributed by atoms with Crippen molar-refractivity contribution in [2.24, 2.45) is 5.92 Å². The molecule has 2 aromatic carbocycles. The van der Waals surface area contributed by atoms with Crippen LogP contribution in [0.3, 0.4) is 0 Å². The maximum atomic E-state index is 2.62. The first-order chi connectivity index (χ1) is 14.6. The first-order valence-electron chi connectivity index (χ1n) is 11.6. The van der Waals surface area contributed by atoms with E-state index in [4.69, 9.17) is 0 Å². The van der Waals surface area contributed by atoms with Crippen LogP contribution in [0.25, 0.3) is 5.57 Å². The molecule has 4 heteroatoms. The summed E-state index contributed by atoms with van der Waals surface area (Å²) in [6.07, 6.45) is 0. The fourth-order valence-electron chi connectivity index (χ4n) is 6.01. The van der Waals surface area contributed by atoms with Gasteiger partial charge >= 0.3 is 198 Å². The fourth-order valence-corrected chi connectivity index (χ4v) is 26.6. The van der Waals surface area contributed by atoms with Crippen molar-refractivity contribution >= 4 is 11.0 Å². The third-order valence-electron chi connectivity index (χ3n) is 7.72. The van der Waals surface area contributed by atoms with Gasteiger partial charge in [0.15, 0.2) is 0 Å². The Hall–Kier alpha value is -0.660. The first kappa shape index (κ1) is 28.6. The molecule has 0 aliphatic heterocycles. The smallest absolute Gasteiger partial charge is 1.00 e. The number of aryl methyl sites for hydroxylation is 2. The molecule has 2 unspecified atom stereocenters. The van der Waals surface area contributed by atoms with Gasteiger partial charge in [0.05, 0.1) is 0 Å². The predicted octanol–water partition coefficient (Wildman–Crippen LogP) is 2.32. The van der Waals surface area contributed by atoms with Crippen molar-refractivity contribution in [3.63, 3.8) is 0 Å². The van der Waals surface area contributed by atoms with Crippen LogP contribution in [0.1, 0.15) is 66.1 Å². The topological polar surface area (TPSA) is 0 Å². The molecule has 0 saturated carbocycles. The van der Waals surface area contributed by atoms with Crippen LogP contribution in [0.4, 0.5) is 0 Å². The molecule has 0 spiro atoms. The summed E-state index contributed by atoms with van der Waals surface area (Å²) in [4.78, 5) is 0. The summed E-state index contributed by atoms with van der Waals surface area (Å²) in [6, 6.07) is 16.1. The van der Waals surface area contributed by atoms with Crippen molar-refractivity contribution in [3.8, 4) is 0 Å². The molecular formula is C29H36Cl2SiZr. The van der Waals surface area contributed by atoms with Gasteiger partial charge in [-0.05, 0) is 0 Å². The van der Waals surface area contributed by atoms with Crippen LogP contribution in [0.5, 0.6) is 0 Å². The quantitative estimate of drug-likeness (QED) is 0.494. The summed E-state index contributed by atoms with van der Waals surface area (Å²) >= 11 is -1.99. The predicted molar refractivity (Wildman–Crippen MR) is 135 cm³/mol. The normalized spacial score (nSPS) is 19.2. The maximum absolute atomic E-state index is 2.62. The van der Waals surface area contributed by atoms with Gasteiger partial charge in [-0.15, -0.1) is 0 Å². The molecule has 2 aromatic rings. The van der Waals surface area contributed by atoms with Gasteiger partial charge in [-0.25, -0.2) is 0 Å². The minimum atomic E-state index is -1.99. The average molecular weight is 575 g/mol. The van der Waals surface area contributed by atoms with E-state index in [1.54, 1.807) is 33.4 Å². The van der Waals surface area contributed by atoms with Crippen LogP contribution in [-0.4, -0.2) is 5.43 Å². The van der Waals surface area contributed by atoms with Gasteiger partial charge in [0.2, 0.25) is 0 Å². The van der Waals surface area contributed by atoms with Crippen molar-refractivity contribution in [1.82, 2.24) is 0 Å². The van der Waals surface area contributed by atoms with Gasteiger partial charge < -0.3 is 24.8 Å². The molecule has 0 amide bonds. The van der Waals surface area contributed by atoms with E-state index in [1.165, 1.54) is 22.3 Å². The number of allylic oxidation sites excluding steroid dienone is 5. The number of rotatable bonds is 3. The van der Waals surface area contributed by atoms with E-state index < -0.39 is 20.4 Å². The van der Waals surface area contributed by atoms with Crippen LogP contribution in [-0.2, 0) is 20.4 Å². The number of hydrogen-bond donors (Lipinski definition) is 0. The summed E-state index contributed by atoms with van der Waals surface area (Å²) in [7, 11) is 0. The number of hydrogen-bond acceptors (Lipinski definition) is 0. The van der Waals surface area contributed by atoms with E-state index in [9.17, 15) is 0 Å². The molecule has 2 aliphatic rings. The molecule has 0 bridgehead atoms. The third kappa shape index (κ3) is 4.75. The molecule has 0 radical (unpaired) electrons. The zero-order valence-electron chi connectivity index (χ0n) is 21.5. The maximum Gasteiger partial charge on any atom is -1.00 e. The molecule has 2 atom stereocenters. The summed E-state index contributed by atoms with van der Waals surface area (Å²) in [5.41, 5.74) is 15.1. The molecule has 0 nitrogen and oxygen atoms in total. The standard InChI is InChI=1S/C18H17.C9H13.C2H6Si.2ClH.Zr/c1-12-9-13(2)18-16(10-12)11-14(3)17(18)15-7-5-4-6-8-15;1-6-5-7(2)9(4)8(6)3;1-3-2;;;/h4-11H,1-3H3;6H,1-4H3;1-2H3;2*1H;/q;;;;;+2/p-2. The van der Waals surface area contributed by atoms with Crippen molar-refractivity contribution in [2.45, 2.75) is 65.2 Å². The summed E-state index contributed by atoms with van der Waals surface area (Å²) in [5.74, 6) is 0.650. The second-order valence-corrected chi connectivity index (χ2v) is 27.2. The number of fused-ring (bicyclic) bond motifs is 1. The molecule has 0 heterocycles. The van der Waals surface area contributed by atoms with E-state index in [-0.39, 0.29) is 30.2 Å². The minimum absolute atomic E-state index is 0. The Morgan fingerprint density at radius 3 is 1.91 bits per heavy atom. The zero-order valence-corrected chi connectivity index (χ0v) is 26.4. The number of halogens is 2. The van der Waals surface area contributed by atoms with Crippen LogP contribution < -0.4 is 24.8 Å². The number of benzene rings is 2. The molecular weight excluding hydrogens is 539 g/mol. The molecule has 0 N–H and O–H groups in total. The van der Waals surface area contributed by atoms with Gasteiger partial charge in [0, 0.05) is 0 Å². The largest absolute Gasteiger partial charge is 1.00 e. The molecule has 0 saturated heterocycles. The molecule has 33 heavy (non-hydrogen) atoms. The Kier molecular flexibility index (Phi) is 9.48. The van der Waals surface area contributed by atoms with Gasteiger partial charge in [-0.3, -0.25) is 0 Å². The van der Waals surface area contributed by atoms with Crippen molar-refractivity contribution in [3.05, 3.63) is 95.9 Å². The molecule has 174 valence electrons. The van der Waals surface area contributed by atoms with Crippen LogP contribution in [0.2, 0.25) is 13.1 Å². The van der Waals surface area contributed by atoms with E-state index in [1.807, 2.05) is 3.28 Å². The van der Waals surface area contributed by atoms with Crippen LogP contribution >= 0.6 is 0 Å². The monoisotopic (exact) mass is 572 g/mol. The average Bonchev–Trinajstić information content (AvgIpc) is 3.11. The van der Waals surface area contributed by atoms with E-state index in [0.29, 0.717) is 9.54 Å². The van der Waals surface area contributed by atoms with Gasteiger partial charge in [0.25, 0.3) is 0 Å². The second-order valence-electron chi connectivity index (χ2n) is 9.89. The van der Waals surface area contributed by atoms with Crippen molar-refractivity contribution < 1.29 is 45.2 Å². The Bertz CT molecular complexity index is 1210. The van der Waals surface area contributed by atoms with E-state index in [2.05, 4.69) is 104 Å². The van der Waals surface area contributed by atoms with Crippen LogP contribution in [0, 0.1) is 19.8 Å². The van der Waals surface area contributed by atoms with Crippen molar-refractivity contribution in [1.29, 1.82) is 0 Å². The molecule has 4 rings (SSSR count). The Balaban J connectivity index is 0.00000193. The van der Waals surface area contributed by atoms with Gasteiger partial charge in [-0.2, -0.15) is 0 Å². The van der Waals surface area contributed by atoms with Crippen molar-refractivity contribution in [2.75, 3.05) is 0 Å². The molecule has 0 fully saturated rings. The zero-order chi connectivity index (χ0) is 22.6. The SMILES string of the molecule is CC1=C(C)C(C)[C]([Zr+2]([CH]2C(C)=C(c3ccccc3)c3c(C)cc(C)cc32)=[Si](C)C)=C1C.[Cl-].[Cl-]. The Labute approximate surface area is 221 Å². The summed E-state index contributed by atoms with van der Waals surface area (Å²) in [6.45, 7) is 22.0. The Morgan fingerprint density at radius 1 is 0.788 bits per heavy atom. The van der Waals surface area contributed by atoms with Gasteiger partial charge in [-0.1, -0.05) is 0 Å². The molecule has 0 aromatic heterocycles.